The molecule has 2 rings (SSSR count). The number of furan rings is 1. The molecule has 0 aliphatic carbocycles. The molecule has 2 heterocycles. The van der Waals surface area contributed by atoms with Gasteiger partial charge in [0.2, 0.25) is 5.88 Å². The second kappa shape index (κ2) is 5.08. The lowest BCUT2D eigenvalue weighted by Gasteiger charge is -2.18. The van der Waals surface area contributed by atoms with Crippen molar-refractivity contribution >= 4 is 27.9 Å². The lowest BCUT2D eigenvalue weighted by molar-refractivity contribution is 0.0631. The average Bonchev–Trinajstić information content (AvgIpc) is 2.83. The monoisotopic (exact) mass is 328 g/mol. The van der Waals surface area contributed by atoms with Crippen molar-refractivity contribution in [2.45, 2.75) is 26.4 Å². The molecule has 0 aromatic carbocycles. The van der Waals surface area contributed by atoms with Crippen molar-refractivity contribution in [3.05, 3.63) is 22.9 Å². The number of aromatic nitrogens is 1. The molecule has 0 saturated carbocycles. The Morgan fingerprint density at radius 1 is 1.42 bits per heavy atom. The topological polar surface area (TPSA) is 77.5 Å². The van der Waals surface area contributed by atoms with Gasteiger partial charge in [0.05, 0.1) is 0 Å². The molecule has 7 heteroatoms. The first-order valence-electron chi connectivity index (χ1n) is 5.56. The molecule has 0 aliphatic heterocycles. The molecule has 6 nitrogen and oxygen atoms in total. The van der Waals surface area contributed by atoms with Crippen LogP contribution in [0.3, 0.4) is 0 Å². The maximum absolute atomic E-state index is 11.5. The van der Waals surface area contributed by atoms with Gasteiger partial charge in [-0.15, -0.1) is 0 Å². The zero-order valence-electron chi connectivity index (χ0n) is 10.7. The van der Waals surface area contributed by atoms with Gasteiger partial charge < -0.3 is 13.7 Å². The molecule has 0 radical (unpaired) electrons. The Balaban J connectivity index is 2.04. The predicted octanol–water partition coefficient (Wildman–Crippen LogP) is 4.04. The second-order valence-corrected chi connectivity index (χ2v) is 5.59. The molecule has 0 atom stereocenters. The third-order valence-electron chi connectivity index (χ3n) is 1.96. The van der Waals surface area contributed by atoms with E-state index in [0.717, 1.165) is 0 Å². The number of anilines is 1. The molecule has 0 fully saturated rings. The fourth-order valence-electron chi connectivity index (χ4n) is 1.31. The summed E-state index contributed by atoms with van der Waals surface area (Å²) in [4.78, 5) is 11.5. The Morgan fingerprint density at radius 3 is 2.74 bits per heavy atom. The summed E-state index contributed by atoms with van der Waals surface area (Å²) in [5, 5.41) is 6.24. The quantitative estimate of drug-likeness (QED) is 0.899. The number of hydrogen-bond acceptors (Lipinski definition) is 5. The van der Waals surface area contributed by atoms with Crippen LogP contribution >= 0.6 is 15.9 Å². The first-order valence-corrected chi connectivity index (χ1v) is 6.35. The average molecular weight is 329 g/mol. The summed E-state index contributed by atoms with van der Waals surface area (Å²) < 4.78 is 16.0. The van der Waals surface area contributed by atoms with Crippen molar-refractivity contribution in [2.75, 3.05) is 5.32 Å². The van der Waals surface area contributed by atoms with Gasteiger partial charge in [0.1, 0.15) is 5.60 Å². The smallest absolute Gasteiger partial charge is 0.414 e. The number of carbonyl (C=O) groups is 1. The molecule has 0 aliphatic rings. The van der Waals surface area contributed by atoms with Crippen LogP contribution < -0.4 is 5.32 Å². The Morgan fingerprint density at radius 2 is 2.16 bits per heavy atom. The summed E-state index contributed by atoms with van der Waals surface area (Å²) >= 11 is 3.19. The van der Waals surface area contributed by atoms with Gasteiger partial charge in [-0.25, -0.2) is 4.79 Å². The lowest BCUT2D eigenvalue weighted by atomic mass is 10.2. The number of nitrogens with one attached hydrogen (secondary N) is 1. The van der Waals surface area contributed by atoms with Crippen LogP contribution in [-0.2, 0) is 4.74 Å². The van der Waals surface area contributed by atoms with Crippen LogP contribution in [0, 0.1) is 0 Å². The first kappa shape index (κ1) is 13.7. The first-order chi connectivity index (χ1) is 8.83. The standard InChI is InChI=1S/C12H13BrN2O4/c1-12(2,3)18-11(16)14-10-6-7(15-19-10)8-4-5-9(13)17-8/h4-6H,1-3H3,(H,14,16). The highest BCUT2D eigenvalue weighted by Gasteiger charge is 2.18. The summed E-state index contributed by atoms with van der Waals surface area (Å²) in [5.41, 5.74) is -0.0875. The normalized spacial score (nSPS) is 11.4. The Kier molecular flexibility index (Phi) is 3.66. The van der Waals surface area contributed by atoms with Gasteiger partial charge in [-0.05, 0) is 48.8 Å². The van der Waals surface area contributed by atoms with E-state index in [1.807, 2.05) is 0 Å². The van der Waals surface area contributed by atoms with Crippen LogP contribution in [0.15, 0.2) is 31.8 Å². The Bertz CT molecular complexity index is 583. The zero-order valence-corrected chi connectivity index (χ0v) is 12.3. The molecular weight excluding hydrogens is 316 g/mol. The van der Waals surface area contributed by atoms with Gasteiger partial charge in [-0.3, -0.25) is 5.32 Å². The second-order valence-electron chi connectivity index (χ2n) is 4.81. The van der Waals surface area contributed by atoms with Gasteiger partial charge >= 0.3 is 6.09 Å². The summed E-state index contributed by atoms with van der Waals surface area (Å²) in [5.74, 6) is 0.727. The highest BCUT2D eigenvalue weighted by atomic mass is 79.9. The number of ether oxygens (including phenoxy) is 1. The van der Waals surface area contributed by atoms with Crippen LogP contribution in [0.5, 0.6) is 0 Å². The van der Waals surface area contributed by atoms with Gasteiger partial charge in [-0.2, -0.15) is 0 Å². The fourth-order valence-corrected chi connectivity index (χ4v) is 1.61. The molecule has 2 aromatic heterocycles. The van der Waals surface area contributed by atoms with E-state index in [4.69, 9.17) is 13.7 Å². The van der Waals surface area contributed by atoms with Crippen molar-refractivity contribution in [2.24, 2.45) is 0 Å². The lowest BCUT2D eigenvalue weighted by Crippen LogP contribution is -2.27. The molecule has 19 heavy (non-hydrogen) atoms. The minimum absolute atomic E-state index is 0.191. The van der Waals surface area contributed by atoms with Crippen molar-refractivity contribution in [3.8, 4) is 11.5 Å². The Labute approximate surface area is 118 Å². The number of rotatable bonds is 2. The molecule has 1 N–H and O–H groups in total. The van der Waals surface area contributed by atoms with Crippen LogP contribution in [0.4, 0.5) is 10.7 Å². The van der Waals surface area contributed by atoms with Crippen LogP contribution in [0.25, 0.3) is 11.5 Å². The predicted molar refractivity (Wildman–Crippen MR) is 71.8 cm³/mol. The van der Waals surface area contributed by atoms with Gasteiger partial charge in [0.15, 0.2) is 16.1 Å². The van der Waals surface area contributed by atoms with Crippen LogP contribution in [0.1, 0.15) is 20.8 Å². The van der Waals surface area contributed by atoms with Crippen LogP contribution in [0.2, 0.25) is 0 Å². The molecule has 0 unspecified atom stereocenters. The van der Waals surface area contributed by atoms with E-state index >= 15 is 0 Å². The van der Waals surface area contributed by atoms with Gasteiger partial charge in [-0.1, -0.05) is 5.16 Å². The number of halogens is 1. The van der Waals surface area contributed by atoms with Crippen LogP contribution in [-0.4, -0.2) is 16.9 Å². The summed E-state index contributed by atoms with van der Waals surface area (Å²) in [7, 11) is 0. The Hall–Kier alpha value is -1.76. The highest BCUT2D eigenvalue weighted by Crippen LogP contribution is 2.26. The number of carbonyl (C=O) groups excluding carboxylic acids is 1. The maximum Gasteiger partial charge on any atom is 0.414 e. The van der Waals surface area contributed by atoms with E-state index in [-0.39, 0.29) is 5.88 Å². The van der Waals surface area contributed by atoms with Gasteiger partial charge in [0, 0.05) is 6.07 Å². The molecule has 1 amide bonds. The van der Waals surface area contributed by atoms with Crippen molar-refractivity contribution < 1.29 is 18.5 Å². The van der Waals surface area contributed by atoms with Crippen molar-refractivity contribution in [1.29, 1.82) is 0 Å². The number of amides is 1. The van der Waals surface area contributed by atoms with E-state index in [0.29, 0.717) is 16.1 Å². The van der Waals surface area contributed by atoms with Crippen molar-refractivity contribution in [1.82, 2.24) is 5.16 Å². The molecular formula is C12H13BrN2O4. The molecule has 2 aromatic rings. The van der Waals surface area contributed by atoms with E-state index in [2.05, 4.69) is 26.4 Å². The summed E-state index contributed by atoms with van der Waals surface area (Å²) in [6, 6.07) is 5.03. The number of hydrogen-bond donors (Lipinski definition) is 1. The minimum Gasteiger partial charge on any atom is -0.448 e. The minimum atomic E-state index is -0.601. The van der Waals surface area contributed by atoms with Crippen molar-refractivity contribution in [3.63, 3.8) is 0 Å². The highest BCUT2D eigenvalue weighted by molar-refractivity contribution is 9.10. The SMILES string of the molecule is CC(C)(C)OC(=O)Nc1cc(-c2ccc(Br)o2)no1. The fraction of sp³-hybridized carbons (Fsp3) is 0.333. The van der Waals surface area contributed by atoms with E-state index < -0.39 is 11.7 Å². The van der Waals surface area contributed by atoms with E-state index in [1.165, 1.54) is 0 Å². The van der Waals surface area contributed by atoms with Gasteiger partial charge in [0.25, 0.3) is 0 Å². The largest absolute Gasteiger partial charge is 0.448 e. The van der Waals surface area contributed by atoms with E-state index in [9.17, 15) is 4.79 Å². The molecule has 0 bridgehead atoms. The third-order valence-corrected chi connectivity index (χ3v) is 2.39. The summed E-state index contributed by atoms with van der Waals surface area (Å²) in [6.45, 7) is 5.33. The summed E-state index contributed by atoms with van der Waals surface area (Å²) in [6.07, 6.45) is -0.601. The molecule has 0 spiro atoms. The zero-order chi connectivity index (χ0) is 14.0. The van der Waals surface area contributed by atoms with E-state index in [1.54, 1.807) is 39.0 Å². The third kappa shape index (κ3) is 3.85. The molecule has 102 valence electrons. The number of nitrogens with zero attached hydrogens (tertiary/aromatic N) is 1. The molecule has 0 saturated heterocycles. The maximum atomic E-state index is 11.5.